The third-order valence-electron chi connectivity index (χ3n) is 6.24. The van der Waals surface area contributed by atoms with Crippen LogP contribution in [0.15, 0.2) is 94.2 Å². The molecule has 1 aromatic heterocycles. The molecule has 4 aromatic rings. The summed E-state index contributed by atoms with van der Waals surface area (Å²) in [5.74, 6) is -0.113. The lowest BCUT2D eigenvalue weighted by molar-refractivity contribution is -0.139. The van der Waals surface area contributed by atoms with Crippen LogP contribution in [0.25, 0.3) is 11.8 Å². The number of para-hydroxylation sites is 1. The largest absolute Gasteiger partial charge is 0.497 e. The first-order valence-corrected chi connectivity index (χ1v) is 13.4. The molecule has 9 heteroatoms. The van der Waals surface area contributed by atoms with E-state index in [9.17, 15) is 14.4 Å². The number of hydrogen-bond donors (Lipinski definition) is 0. The Bertz CT molecular complexity index is 1800. The van der Waals surface area contributed by atoms with Gasteiger partial charge in [-0.15, -0.1) is 0 Å². The summed E-state index contributed by atoms with van der Waals surface area (Å²) in [4.78, 5) is 44.5. The fourth-order valence-electron chi connectivity index (χ4n) is 4.56. The van der Waals surface area contributed by atoms with Crippen LogP contribution in [0.2, 0.25) is 0 Å². The highest BCUT2D eigenvalue weighted by atomic mass is 32.1. The molecule has 202 valence electrons. The molecule has 5 rings (SSSR count). The standard InChI is InChI=1S/C31H26N2O6S/c1-4-38-30(36)26-27(20-11-6-5-7-12-20)32-31-33(28(26)22-14-10-15-23(17-22)37-3)29(35)25(40-31)18-21-13-8-9-16-24(21)39-19(2)34/h5-18,28H,4H2,1-3H3/b25-18-/t28-/m0/s1. The van der Waals surface area contributed by atoms with E-state index in [1.807, 2.05) is 42.5 Å². The average Bonchev–Trinajstić information content (AvgIpc) is 3.27. The highest BCUT2D eigenvalue weighted by Gasteiger charge is 2.35. The minimum Gasteiger partial charge on any atom is -0.497 e. The number of aromatic nitrogens is 1. The Morgan fingerprint density at radius 3 is 2.50 bits per heavy atom. The average molecular weight is 555 g/mol. The molecule has 1 atom stereocenters. The van der Waals surface area contributed by atoms with Crippen molar-refractivity contribution < 1.29 is 23.8 Å². The molecular formula is C31H26N2O6S. The molecule has 0 aliphatic carbocycles. The van der Waals surface area contributed by atoms with Gasteiger partial charge in [0, 0.05) is 18.1 Å². The summed E-state index contributed by atoms with van der Waals surface area (Å²) in [6, 6.07) is 22.7. The van der Waals surface area contributed by atoms with Crippen molar-refractivity contribution in [3.63, 3.8) is 0 Å². The fraction of sp³-hybridized carbons (Fsp3) is 0.161. The van der Waals surface area contributed by atoms with Crippen molar-refractivity contribution >= 4 is 35.0 Å². The van der Waals surface area contributed by atoms with Crippen molar-refractivity contribution in [1.82, 2.24) is 4.57 Å². The lowest BCUT2D eigenvalue weighted by Gasteiger charge is -2.26. The second kappa shape index (κ2) is 11.5. The number of rotatable bonds is 7. The van der Waals surface area contributed by atoms with Crippen molar-refractivity contribution in [2.75, 3.05) is 13.7 Å². The zero-order chi connectivity index (χ0) is 28.2. The van der Waals surface area contributed by atoms with Gasteiger partial charge in [0.15, 0.2) is 4.80 Å². The summed E-state index contributed by atoms with van der Waals surface area (Å²) >= 11 is 1.19. The molecule has 0 radical (unpaired) electrons. The predicted octanol–water partition coefficient (Wildman–Crippen LogP) is 3.87. The predicted molar refractivity (Wildman–Crippen MR) is 152 cm³/mol. The van der Waals surface area contributed by atoms with Crippen molar-refractivity contribution in [2.45, 2.75) is 19.9 Å². The first-order chi connectivity index (χ1) is 19.4. The smallest absolute Gasteiger partial charge is 0.338 e. The molecule has 1 aliphatic heterocycles. The normalized spacial score (nSPS) is 14.8. The van der Waals surface area contributed by atoms with Crippen molar-refractivity contribution in [1.29, 1.82) is 0 Å². The number of carbonyl (C=O) groups excluding carboxylic acids is 2. The highest BCUT2D eigenvalue weighted by molar-refractivity contribution is 7.07. The van der Waals surface area contributed by atoms with Crippen LogP contribution in [0.4, 0.5) is 0 Å². The number of ether oxygens (including phenoxy) is 3. The van der Waals surface area contributed by atoms with Crippen LogP contribution in [0.1, 0.15) is 36.6 Å². The summed E-state index contributed by atoms with van der Waals surface area (Å²) in [6.07, 6.45) is 1.67. The molecule has 0 bridgehead atoms. The molecule has 8 nitrogen and oxygen atoms in total. The number of benzene rings is 3. The van der Waals surface area contributed by atoms with Crippen LogP contribution >= 0.6 is 11.3 Å². The van der Waals surface area contributed by atoms with E-state index in [0.29, 0.717) is 37.7 Å². The lowest BCUT2D eigenvalue weighted by Crippen LogP contribution is -2.40. The maximum atomic E-state index is 14.0. The van der Waals surface area contributed by atoms with Gasteiger partial charge in [0.2, 0.25) is 0 Å². The van der Waals surface area contributed by atoms with Gasteiger partial charge in [0.1, 0.15) is 11.5 Å². The number of carbonyl (C=O) groups is 2. The van der Waals surface area contributed by atoms with Crippen LogP contribution in [0, 0.1) is 0 Å². The number of thiazole rings is 1. The Morgan fingerprint density at radius 1 is 1.02 bits per heavy atom. The molecule has 0 saturated carbocycles. The fourth-order valence-corrected chi connectivity index (χ4v) is 5.55. The molecule has 2 heterocycles. The summed E-state index contributed by atoms with van der Waals surface area (Å²) in [5, 5.41) is 0. The van der Waals surface area contributed by atoms with Crippen LogP contribution in [-0.4, -0.2) is 30.2 Å². The van der Waals surface area contributed by atoms with Crippen LogP contribution < -0.4 is 24.4 Å². The molecule has 0 N–H and O–H groups in total. The SMILES string of the molecule is CCOC(=O)C1=C(c2ccccc2)N=c2s/c(=C\c3ccccc3OC(C)=O)c(=O)n2[C@H]1c1cccc(OC)c1. The van der Waals surface area contributed by atoms with E-state index >= 15 is 0 Å². The molecule has 3 aromatic carbocycles. The van der Waals surface area contributed by atoms with Crippen LogP contribution in [0.3, 0.4) is 0 Å². The minimum absolute atomic E-state index is 0.159. The molecular weight excluding hydrogens is 528 g/mol. The van der Waals surface area contributed by atoms with Crippen molar-refractivity contribution in [3.8, 4) is 11.5 Å². The van der Waals surface area contributed by atoms with Gasteiger partial charge in [-0.05, 0) is 36.8 Å². The Hall–Kier alpha value is -4.76. The van der Waals surface area contributed by atoms with E-state index in [4.69, 9.17) is 19.2 Å². The van der Waals surface area contributed by atoms with Gasteiger partial charge in [0.05, 0.1) is 35.6 Å². The molecule has 0 fully saturated rings. The van der Waals surface area contributed by atoms with Gasteiger partial charge in [-0.1, -0.05) is 72.0 Å². The third-order valence-corrected chi connectivity index (χ3v) is 7.23. The molecule has 40 heavy (non-hydrogen) atoms. The van der Waals surface area contributed by atoms with E-state index < -0.39 is 18.0 Å². The number of hydrogen-bond acceptors (Lipinski definition) is 8. The van der Waals surface area contributed by atoms with Gasteiger partial charge in [-0.25, -0.2) is 9.79 Å². The van der Waals surface area contributed by atoms with E-state index in [2.05, 4.69) is 0 Å². The van der Waals surface area contributed by atoms with Gasteiger partial charge in [-0.3, -0.25) is 14.2 Å². The van der Waals surface area contributed by atoms with Crippen molar-refractivity contribution in [2.24, 2.45) is 4.99 Å². The van der Waals surface area contributed by atoms with Crippen LogP contribution in [0.5, 0.6) is 11.5 Å². The van der Waals surface area contributed by atoms with Crippen molar-refractivity contribution in [3.05, 3.63) is 121 Å². The van der Waals surface area contributed by atoms with E-state index in [-0.39, 0.29) is 17.7 Å². The summed E-state index contributed by atoms with van der Waals surface area (Å²) in [7, 11) is 1.56. The van der Waals surface area contributed by atoms with Gasteiger partial charge in [-0.2, -0.15) is 0 Å². The first kappa shape index (κ1) is 26.8. The van der Waals surface area contributed by atoms with Gasteiger partial charge in [0.25, 0.3) is 5.56 Å². The number of fused-ring (bicyclic) bond motifs is 1. The zero-order valence-corrected chi connectivity index (χ0v) is 22.9. The molecule has 1 aliphatic rings. The second-order valence-electron chi connectivity index (χ2n) is 8.84. The Balaban J connectivity index is 1.82. The molecule has 0 unspecified atom stereocenters. The number of nitrogens with zero attached hydrogens (tertiary/aromatic N) is 2. The topological polar surface area (TPSA) is 96.2 Å². The Morgan fingerprint density at radius 2 is 1.77 bits per heavy atom. The summed E-state index contributed by atoms with van der Waals surface area (Å²) < 4.78 is 18.2. The van der Waals surface area contributed by atoms with Gasteiger partial charge >= 0.3 is 11.9 Å². The molecule has 0 amide bonds. The monoisotopic (exact) mass is 554 g/mol. The Labute approximate surface area is 234 Å². The maximum absolute atomic E-state index is 14.0. The van der Waals surface area contributed by atoms with E-state index in [0.717, 1.165) is 5.56 Å². The minimum atomic E-state index is -0.827. The van der Waals surface area contributed by atoms with E-state index in [1.165, 1.54) is 22.8 Å². The quantitative estimate of drug-likeness (QED) is 0.254. The number of esters is 2. The second-order valence-corrected chi connectivity index (χ2v) is 9.85. The zero-order valence-electron chi connectivity index (χ0n) is 22.1. The van der Waals surface area contributed by atoms with E-state index in [1.54, 1.807) is 56.5 Å². The molecule has 0 spiro atoms. The maximum Gasteiger partial charge on any atom is 0.338 e. The lowest BCUT2D eigenvalue weighted by atomic mass is 9.93. The molecule has 0 saturated heterocycles. The summed E-state index contributed by atoms with van der Waals surface area (Å²) in [5.41, 5.74) is 2.28. The van der Waals surface area contributed by atoms with Crippen LogP contribution in [-0.2, 0) is 14.3 Å². The summed E-state index contributed by atoms with van der Waals surface area (Å²) in [6.45, 7) is 3.21. The van der Waals surface area contributed by atoms with Gasteiger partial charge < -0.3 is 14.2 Å². The Kier molecular flexibility index (Phi) is 7.75. The number of methoxy groups -OCH3 is 1. The third kappa shape index (κ3) is 5.23. The first-order valence-electron chi connectivity index (χ1n) is 12.6. The highest BCUT2D eigenvalue weighted by Crippen LogP contribution is 2.36.